The van der Waals surface area contributed by atoms with E-state index in [4.69, 9.17) is 9.47 Å². The highest BCUT2D eigenvalue weighted by atomic mass is 16.5. The number of esters is 2. The third kappa shape index (κ3) is 2.72. The van der Waals surface area contributed by atoms with E-state index in [0.29, 0.717) is 0 Å². The summed E-state index contributed by atoms with van der Waals surface area (Å²) in [5.41, 5.74) is 2.11. The predicted molar refractivity (Wildman–Crippen MR) is 91.3 cm³/mol. The van der Waals surface area contributed by atoms with Gasteiger partial charge < -0.3 is 9.47 Å². The molecule has 0 spiro atoms. The SMILES string of the molecule is COC(=O)C(=Cc1c2ccccc2nc2ccccc12)C(=O)OC. The van der Waals surface area contributed by atoms with Gasteiger partial charge in [-0.3, -0.25) is 0 Å². The molecule has 0 atom stereocenters. The molecule has 0 aliphatic rings. The molecule has 0 saturated carbocycles. The lowest BCUT2D eigenvalue weighted by molar-refractivity contribution is -0.143. The van der Waals surface area contributed by atoms with Crippen molar-refractivity contribution in [3.63, 3.8) is 0 Å². The quantitative estimate of drug-likeness (QED) is 0.244. The Hall–Kier alpha value is -3.21. The average Bonchev–Trinajstić information content (AvgIpc) is 2.63. The number of nitrogens with zero attached hydrogens (tertiary/aromatic N) is 1. The molecule has 5 nitrogen and oxygen atoms in total. The highest BCUT2D eigenvalue weighted by Gasteiger charge is 2.21. The van der Waals surface area contributed by atoms with Gasteiger partial charge in [0.25, 0.3) is 0 Å². The highest BCUT2D eigenvalue weighted by molar-refractivity contribution is 6.19. The van der Waals surface area contributed by atoms with E-state index in [1.165, 1.54) is 20.3 Å². The van der Waals surface area contributed by atoms with Crippen molar-refractivity contribution < 1.29 is 19.1 Å². The lowest BCUT2D eigenvalue weighted by Crippen LogP contribution is -2.15. The van der Waals surface area contributed by atoms with Crippen LogP contribution in [0.15, 0.2) is 54.1 Å². The molecule has 24 heavy (non-hydrogen) atoms. The lowest BCUT2D eigenvalue weighted by Gasteiger charge is -2.09. The minimum atomic E-state index is -0.744. The fourth-order valence-electron chi connectivity index (χ4n) is 2.59. The number of carbonyl (C=O) groups excluding carboxylic acids is 2. The van der Waals surface area contributed by atoms with Crippen molar-refractivity contribution >= 4 is 39.8 Å². The predicted octanol–water partition coefficient (Wildman–Crippen LogP) is 3.12. The molecule has 1 aromatic heterocycles. The molecular formula is C19H15NO4. The largest absolute Gasteiger partial charge is 0.465 e. The first-order valence-electron chi connectivity index (χ1n) is 7.31. The first-order valence-corrected chi connectivity index (χ1v) is 7.31. The number of methoxy groups -OCH3 is 2. The van der Waals surface area contributed by atoms with E-state index in [1.54, 1.807) is 0 Å². The smallest absolute Gasteiger partial charge is 0.345 e. The molecule has 0 radical (unpaired) electrons. The number of para-hydroxylation sites is 2. The van der Waals surface area contributed by atoms with Crippen LogP contribution in [-0.2, 0) is 19.1 Å². The Morgan fingerprint density at radius 1 is 0.833 bits per heavy atom. The maximum absolute atomic E-state index is 12.0. The van der Waals surface area contributed by atoms with Gasteiger partial charge in [0.1, 0.15) is 5.57 Å². The van der Waals surface area contributed by atoms with Crippen LogP contribution in [0.5, 0.6) is 0 Å². The number of fused-ring (bicyclic) bond motifs is 2. The Kier molecular flexibility index (Phi) is 4.24. The van der Waals surface area contributed by atoms with Gasteiger partial charge in [0.05, 0.1) is 25.3 Å². The van der Waals surface area contributed by atoms with Gasteiger partial charge in [0, 0.05) is 10.8 Å². The van der Waals surface area contributed by atoms with Gasteiger partial charge in [0.15, 0.2) is 0 Å². The third-order valence-corrected chi connectivity index (χ3v) is 3.73. The molecule has 120 valence electrons. The number of ether oxygens (including phenoxy) is 2. The van der Waals surface area contributed by atoms with Gasteiger partial charge in [-0.05, 0) is 23.8 Å². The second-order valence-electron chi connectivity index (χ2n) is 5.10. The molecule has 0 aliphatic carbocycles. The fraction of sp³-hybridized carbons (Fsp3) is 0.105. The molecule has 0 aliphatic heterocycles. The van der Waals surface area contributed by atoms with Crippen molar-refractivity contribution in [2.24, 2.45) is 0 Å². The van der Waals surface area contributed by atoms with Crippen molar-refractivity contribution in [1.29, 1.82) is 0 Å². The minimum Gasteiger partial charge on any atom is -0.465 e. The summed E-state index contributed by atoms with van der Waals surface area (Å²) in [5.74, 6) is -1.49. The molecule has 0 bridgehead atoms. The lowest BCUT2D eigenvalue weighted by atomic mass is 10.00. The van der Waals surface area contributed by atoms with Gasteiger partial charge >= 0.3 is 11.9 Å². The standard InChI is InChI=1S/C19H15NO4/c1-23-18(21)15(19(22)24-2)11-14-12-7-3-5-9-16(12)20-17-10-6-4-8-13(14)17/h3-11H,1-2H3. The summed E-state index contributed by atoms with van der Waals surface area (Å²) in [6.07, 6.45) is 1.50. The summed E-state index contributed by atoms with van der Waals surface area (Å²) in [6.45, 7) is 0. The Labute approximate surface area is 138 Å². The van der Waals surface area contributed by atoms with Crippen LogP contribution < -0.4 is 0 Å². The van der Waals surface area contributed by atoms with Crippen LogP contribution in [0.25, 0.3) is 27.9 Å². The van der Waals surface area contributed by atoms with Crippen LogP contribution in [0, 0.1) is 0 Å². The van der Waals surface area contributed by atoms with E-state index in [0.717, 1.165) is 27.4 Å². The molecule has 5 heteroatoms. The van der Waals surface area contributed by atoms with Gasteiger partial charge in [-0.2, -0.15) is 0 Å². The normalized spacial score (nSPS) is 10.4. The first-order chi connectivity index (χ1) is 11.7. The third-order valence-electron chi connectivity index (χ3n) is 3.73. The Morgan fingerprint density at radius 3 is 1.75 bits per heavy atom. The van der Waals surface area contributed by atoms with Crippen molar-refractivity contribution in [2.45, 2.75) is 0 Å². The maximum atomic E-state index is 12.0. The number of pyridine rings is 1. The number of rotatable bonds is 3. The first kappa shape index (κ1) is 15.7. The molecular weight excluding hydrogens is 306 g/mol. The minimum absolute atomic E-state index is 0.165. The Bertz CT molecular complexity index is 903. The maximum Gasteiger partial charge on any atom is 0.345 e. The summed E-state index contributed by atoms with van der Waals surface area (Å²) < 4.78 is 9.42. The van der Waals surface area contributed by atoms with E-state index in [2.05, 4.69) is 4.98 Å². The van der Waals surface area contributed by atoms with Crippen LogP contribution in [-0.4, -0.2) is 31.1 Å². The number of aromatic nitrogens is 1. The summed E-state index contributed by atoms with van der Waals surface area (Å²) in [5, 5.41) is 1.67. The zero-order valence-corrected chi connectivity index (χ0v) is 13.3. The molecule has 0 unspecified atom stereocenters. The van der Waals surface area contributed by atoms with Crippen molar-refractivity contribution in [3.05, 3.63) is 59.7 Å². The number of hydrogen-bond donors (Lipinski definition) is 0. The van der Waals surface area contributed by atoms with Gasteiger partial charge in [-0.25, -0.2) is 14.6 Å². The van der Waals surface area contributed by atoms with Crippen LogP contribution in [0.1, 0.15) is 5.56 Å². The van der Waals surface area contributed by atoms with Crippen molar-refractivity contribution in [3.8, 4) is 0 Å². The van der Waals surface area contributed by atoms with Gasteiger partial charge in [-0.1, -0.05) is 36.4 Å². The van der Waals surface area contributed by atoms with E-state index in [-0.39, 0.29) is 5.57 Å². The number of benzene rings is 2. The van der Waals surface area contributed by atoms with Crippen LogP contribution in [0.3, 0.4) is 0 Å². The molecule has 1 heterocycles. The zero-order chi connectivity index (χ0) is 17.1. The van der Waals surface area contributed by atoms with E-state index >= 15 is 0 Å². The summed E-state index contributed by atoms with van der Waals surface area (Å²) in [7, 11) is 2.45. The van der Waals surface area contributed by atoms with Crippen LogP contribution in [0.2, 0.25) is 0 Å². The van der Waals surface area contributed by atoms with E-state index in [1.807, 2.05) is 48.5 Å². The Morgan fingerprint density at radius 2 is 1.29 bits per heavy atom. The summed E-state index contributed by atoms with van der Waals surface area (Å²) in [6, 6.07) is 15.1. The van der Waals surface area contributed by atoms with E-state index in [9.17, 15) is 9.59 Å². The second-order valence-corrected chi connectivity index (χ2v) is 5.10. The molecule has 2 aromatic carbocycles. The second kappa shape index (κ2) is 6.50. The summed E-state index contributed by atoms with van der Waals surface area (Å²) in [4.78, 5) is 28.6. The number of hydrogen-bond acceptors (Lipinski definition) is 5. The highest BCUT2D eigenvalue weighted by Crippen LogP contribution is 2.28. The van der Waals surface area contributed by atoms with Gasteiger partial charge in [0.2, 0.25) is 0 Å². The fourth-order valence-corrected chi connectivity index (χ4v) is 2.59. The summed E-state index contributed by atoms with van der Waals surface area (Å²) >= 11 is 0. The van der Waals surface area contributed by atoms with Crippen molar-refractivity contribution in [2.75, 3.05) is 14.2 Å². The van der Waals surface area contributed by atoms with Crippen LogP contribution in [0.4, 0.5) is 0 Å². The molecule has 0 N–H and O–H groups in total. The Balaban J connectivity index is 2.38. The molecule has 0 fully saturated rings. The monoisotopic (exact) mass is 321 g/mol. The van der Waals surface area contributed by atoms with Crippen LogP contribution >= 0.6 is 0 Å². The average molecular weight is 321 g/mol. The topological polar surface area (TPSA) is 65.5 Å². The van der Waals surface area contributed by atoms with E-state index < -0.39 is 11.9 Å². The number of carbonyl (C=O) groups is 2. The molecule has 0 saturated heterocycles. The van der Waals surface area contributed by atoms with Crippen molar-refractivity contribution in [1.82, 2.24) is 4.98 Å². The molecule has 0 amide bonds. The molecule has 3 aromatic rings. The zero-order valence-electron chi connectivity index (χ0n) is 13.3. The van der Waals surface area contributed by atoms with Gasteiger partial charge in [-0.15, -0.1) is 0 Å². The molecule has 3 rings (SSSR count).